The van der Waals surface area contributed by atoms with E-state index in [0.29, 0.717) is 18.0 Å². The standard InChI is InChI=1S/C16H38O11Si4/c1-15(2)16(17)27-13-12-14-28(29(18-3,19-4)20-5,30(21-6,22-7)23-8)31(24-9,25-10)26-11/h1,12-14H2,2-11H3. The van der Waals surface area contributed by atoms with E-state index >= 15 is 0 Å². The zero-order chi connectivity index (χ0) is 24.3. The highest BCUT2D eigenvalue weighted by atomic mass is 30.0. The van der Waals surface area contributed by atoms with Gasteiger partial charge in [-0.2, -0.15) is 0 Å². The molecule has 0 saturated carbocycles. The van der Waals surface area contributed by atoms with Crippen LogP contribution in [0.25, 0.3) is 0 Å². The fraction of sp³-hybridized carbons (Fsp3) is 0.812. The molecule has 31 heavy (non-hydrogen) atoms. The van der Waals surface area contributed by atoms with Crippen LogP contribution in [0, 0.1) is 0 Å². The van der Waals surface area contributed by atoms with Crippen molar-refractivity contribution in [3.05, 3.63) is 12.2 Å². The normalized spacial score (nSPS) is 13.4. The Bertz CT molecular complexity index is 491. The van der Waals surface area contributed by atoms with Gasteiger partial charge in [-0.3, -0.25) is 0 Å². The summed E-state index contributed by atoms with van der Waals surface area (Å²) in [6.45, 7) is 1.75. The molecule has 0 aliphatic heterocycles. The van der Waals surface area contributed by atoms with E-state index in [-0.39, 0.29) is 6.61 Å². The largest absolute Gasteiger partial charge is 0.482 e. The molecule has 184 valence electrons. The van der Waals surface area contributed by atoms with Gasteiger partial charge in [-0.1, -0.05) is 6.58 Å². The number of hydrogen-bond acceptors (Lipinski definition) is 11. The van der Waals surface area contributed by atoms with Crippen LogP contribution in [0.2, 0.25) is 6.04 Å². The van der Waals surface area contributed by atoms with Crippen molar-refractivity contribution in [1.82, 2.24) is 0 Å². The van der Waals surface area contributed by atoms with Crippen LogP contribution in [0.1, 0.15) is 13.3 Å². The van der Waals surface area contributed by atoms with Crippen LogP contribution in [0.4, 0.5) is 0 Å². The highest BCUT2D eigenvalue weighted by Crippen LogP contribution is 2.43. The Kier molecular flexibility index (Phi) is 13.3. The van der Waals surface area contributed by atoms with Crippen molar-refractivity contribution in [1.29, 1.82) is 0 Å². The molecule has 0 aromatic rings. The highest BCUT2D eigenvalue weighted by Gasteiger charge is 2.90. The first-order chi connectivity index (χ1) is 14.6. The van der Waals surface area contributed by atoms with Crippen molar-refractivity contribution in [2.24, 2.45) is 0 Å². The molecule has 0 amide bonds. The van der Waals surface area contributed by atoms with Crippen LogP contribution in [0.15, 0.2) is 12.2 Å². The SMILES string of the molecule is C=C(C)C(=O)OCCC[Si]([Si](OC)(OC)OC)([Si](OC)(OC)OC)[Si](OC)(OC)OC. The van der Waals surface area contributed by atoms with Gasteiger partial charge in [-0.05, 0) is 19.4 Å². The maximum Gasteiger partial charge on any atom is 0.482 e. The summed E-state index contributed by atoms with van der Waals surface area (Å²) in [7, 11) is 2.48. The third-order valence-corrected chi connectivity index (χ3v) is 48.0. The first-order valence-electron chi connectivity index (χ1n) is 9.42. The predicted octanol–water partition coefficient (Wildman–Crippen LogP) is 0.814. The summed E-state index contributed by atoms with van der Waals surface area (Å²) in [6.07, 6.45) is 0.381. The van der Waals surface area contributed by atoms with Crippen molar-refractivity contribution >= 4 is 37.6 Å². The minimum absolute atomic E-state index is 0.102. The van der Waals surface area contributed by atoms with Gasteiger partial charge in [-0.25, -0.2) is 4.79 Å². The van der Waals surface area contributed by atoms with Crippen LogP contribution in [-0.2, 0) is 49.4 Å². The molecule has 0 saturated heterocycles. The summed E-state index contributed by atoms with van der Waals surface area (Å²) in [4.78, 5) is 11.9. The van der Waals surface area contributed by atoms with Gasteiger partial charge >= 0.3 is 37.6 Å². The van der Waals surface area contributed by atoms with E-state index in [4.69, 9.17) is 44.6 Å². The van der Waals surface area contributed by atoms with E-state index in [1.807, 2.05) is 0 Å². The maximum atomic E-state index is 11.9. The van der Waals surface area contributed by atoms with Gasteiger partial charge in [-0.15, -0.1) is 0 Å². The number of ether oxygens (including phenoxy) is 1. The minimum atomic E-state index is -3.64. The Morgan fingerprint density at radius 3 is 1.16 bits per heavy atom. The zero-order valence-electron chi connectivity index (χ0n) is 20.3. The molecule has 0 radical (unpaired) electrons. The lowest BCUT2D eigenvalue weighted by Crippen LogP contribution is -2.94. The second kappa shape index (κ2) is 13.4. The topological polar surface area (TPSA) is 109 Å². The lowest BCUT2D eigenvalue weighted by molar-refractivity contribution is -0.138. The Balaban J connectivity index is 6.93. The number of hydrogen-bond donors (Lipinski definition) is 0. The summed E-state index contributed by atoms with van der Waals surface area (Å²) < 4.78 is 59.0. The van der Waals surface area contributed by atoms with Gasteiger partial charge in [0.2, 0.25) is 0 Å². The minimum Gasteiger partial charge on any atom is -0.462 e. The molecule has 0 N–H and O–H groups in total. The average Bonchev–Trinajstić information content (AvgIpc) is 2.80. The van der Waals surface area contributed by atoms with E-state index < -0.39 is 37.6 Å². The summed E-state index contributed by atoms with van der Waals surface area (Å²) in [6, 6.07) is 0.335. The Morgan fingerprint density at radius 1 is 0.645 bits per heavy atom. The number of carbonyl (C=O) groups is 1. The van der Waals surface area contributed by atoms with Gasteiger partial charge in [0, 0.05) is 69.6 Å². The average molecular weight is 519 g/mol. The molecule has 0 bridgehead atoms. The first-order valence-corrected chi connectivity index (χ1v) is 19.8. The second-order valence-corrected chi connectivity index (χ2v) is 33.4. The van der Waals surface area contributed by atoms with E-state index in [2.05, 4.69) is 6.58 Å². The Morgan fingerprint density at radius 2 is 0.935 bits per heavy atom. The van der Waals surface area contributed by atoms with E-state index in [1.54, 1.807) is 6.92 Å². The number of esters is 1. The van der Waals surface area contributed by atoms with Crippen molar-refractivity contribution in [2.45, 2.75) is 19.4 Å². The second-order valence-electron chi connectivity index (χ2n) is 6.43. The number of carbonyl (C=O) groups excluding carboxylic acids is 1. The molecule has 0 fully saturated rings. The first kappa shape index (κ1) is 30.7. The van der Waals surface area contributed by atoms with Crippen LogP contribution in [0.5, 0.6) is 0 Å². The zero-order valence-corrected chi connectivity index (χ0v) is 24.3. The van der Waals surface area contributed by atoms with Crippen molar-refractivity contribution in [2.75, 3.05) is 70.6 Å². The van der Waals surface area contributed by atoms with Crippen molar-refractivity contribution < 1.29 is 49.4 Å². The van der Waals surface area contributed by atoms with Gasteiger partial charge in [0.1, 0.15) is 0 Å². The van der Waals surface area contributed by atoms with Crippen LogP contribution in [0.3, 0.4) is 0 Å². The lowest BCUT2D eigenvalue weighted by atomic mass is 10.4. The summed E-state index contributed by atoms with van der Waals surface area (Å²) in [5.41, 5.74) is 0.307. The molecule has 0 aliphatic carbocycles. The van der Waals surface area contributed by atoms with Crippen LogP contribution >= 0.6 is 0 Å². The Labute approximate surface area is 189 Å². The highest BCUT2D eigenvalue weighted by molar-refractivity contribution is 7.83. The molecule has 0 atom stereocenters. The summed E-state index contributed by atoms with van der Waals surface area (Å²) in [5.74, 6) is -0.483. The molecule has 0 unspecified atom stereocenters. The van der Waals surface area contributed by atoms with Crippen molar-refractivity contribution in [3.63, 3.8) is 0 Å². The third kappa shape index (κ3) is 5.29. The quantitative estimate of drug-likeness (QED) is 0.118. The molecule has 0 aromatic carbocycles. The summed E-state index contributed by atoms with van der Waals surface area (Å²) in [5, 5.41) is 0. The van der Waals surface area contributed by atoms with E-state index in [0.717, 1.165) is 0 Å². The smallest absolute Gasteiger partial charge is 0.462 e. The predicted molar refractivity (Wildman–Crippen MR) is 121 cm³/mol. The molecular weight excluding hydrogens is 481 g/mol. The van der Waals surface area contributed by atoms with Gasteiger partial charge in [0.15, 0.2) is 0 Å². The molecule has 11 nitrogen and oxygen atoms in total. The van der Waals surface area contributed by atoms with Crippen molar-refractivity contribution in [3.8, 4) is 0 Å². The van der Waals surface area contributed by atoms with E-state index in [1.165, 1.54) is 64.0 Å². The van der Waals surface area contributed by atoms with Gasteiger partial charge < -0.3 is 44.6 Å². The lowest BCUT2D eigenvalue weighted by Gasteiger charge is -2.52. The molecule has 0 aromatic heterocycles. The molecule has 0 aliphatic rings. The molecule has 0 heterocycles. The van der Waals surface area contributed by atoms with Gasteiger partial charge in [0.05, 0.1) is 6.61 Å². The summed E-state index contributed by atoms with van der Waals surface area (Å²) >= 11 is 0. The van der Waals surface area contributed by atoms with Crippen LogP contribution < -0.4 is 0 Å². The fourth-order valence-corrected chi connectivity index (χ4v) is 55.1. The maximum absolute atomic E-state index is 11.9. The molecule has 0 spiro atoms. The third-order valence-electron chi connectivity index (χ3n) is 5.26. The van der Waals surface area contributed by atoms with Crippen LogP contribution in [-0.4, -0.2) is 108 Å². The monoisotopic (exact) mass is 518 g/mol. The number of rotatable bonds is 17. The Hall–Kier alpha value is -0.282. The molecule has 15 heteroatoms. The molecular formula is C16H38O11Si4. The van der Waals surface area contributed by atoms with E-state index in [9.17, 15) is 4.79 Å². The van der Waals surface area contributed by atoms with Gasteiger partial charge in [0.25, 0.3) is 0 Å². The molecule has 0 rings (SSSR count). The fourth-order valence-electron chi connectivity index (χ4n) is 3.97.